The largest absolute Gasteiger partial charge is 0.481 e. The smallest absolute Gasteiger partial charge is 0.310 e. The van der Waals surface area contributed by atoms with Gasteiger partial charge in [0.15, 0.2) is 0 Å². The van der Waals surface area contributed by atoms with Crippen LogP contribution in [0.2, 0.25) is 0 Å². The molecule has 7 heteroatoms. The zero-order chi connectivity index (χ0) is 16.5. The molecule has 120 valence electrons. The van der Waals surface area contributed by atoms with E-state index in [1.54, 1.807) is 0 Å². The van der Waals surface area contributed by atoms with Crippen molar-refractivity contribution in [2.45, 2.75) is 18.9 Å². The van der Waals surface area contributed by atoms with Crippen LogP contribution in [0, 0.1) is 5.92 Å². The first-order chi connectivity index (χ1) is 10.4. The van der Waals surface area contributed by atoms with Gasteiger partial charge in [0.25, 0.3) is 0 Å². The fourth-order valence-electron chi connectivity index (χ4n) is 1.94. The van der Waals surface area contributed by atoms with Crippen LogP contribution in [0.4, 0.5) is 0 Å². The third-order valence-corrected chi connectivity index (χ3v) is 3.11. The first-order valence-electron chi connectivity index (χ1n) is 6.81. The Hall–Kier alpha value is -2.41. The highest BCUT2D eigenvalue weighted by Gasteiger charge is 2.23. The molecular formula is C15H20N2O5. The number of ether oxygens (including phenoxy) is 1. The maximum Gasteiger partial charge on any atom is 0.310 e. The number of nitrogens with one attached hydrogen (secondary N) is 1. The topological polar surface area (TPSA) is 119 Å². The summed E-state index contributed by atoms with van der Waals surface area (Å²) in [5, 5.41) is 11.1. The van der Waals surface area contributed by atoms with Crippen molar-refractivity contribution in [2.24, 2.45) is 11.7 Å². The van der Waals surface area contributed by atoms with Crippen LogP contribution in [0.1, 0.15) is 12.0 Å². The second kappa shape index (κ2) is 8.78. The van der Waals surface area contributed by atoms with Crippen molar-refractivity contribution in [3.05, 3.63) is 35.9 Å². The van der Waals surface area contributed by atoms with Crippen molar-refractivity contribution in [3.63, 3.8) is 0 Å². The number of aliphatic carboxylic acids is 1. The molecule has 0 saturated heterocycles. The average Bonchev–Trinajstić information content (AvgIpc) is 2.50. The average molecular weight is 308 g/mol. The van der Waals surface area contributed by atoms with Gasteiger partial charge < -0.3 is 20.9 Å². The van der Waals surface area contributed by atoms with Crippen molar-refractivity contribution in [1.29, 1.82) is 0 Å². The third kappa shape index (κ3) is 5.92. The van der Waals surface area contributed by atoms with Crippen LogP contribution in [0.15, 0.2) is 30.3 Å². The monoisotopic (exact) mass is 308 g/mol. The molecule has 2 unspecified atom stereocenters. The molecule has 0 heterocycles. The molecule has 22 heavy (non-hydrogen) atoms. The minimum Gasteiger partial charge on any atom is -0.481 e. The fraction of sp³-hybridized carbons (Fsp3) is 0.400. The quantitative estimate of drug-likeness (QED) is 0.579. The lowest BCUT2D eigenvalue weighted by Gasteiger charge is -2.17. The second-order valence-corrected chi connectivity index (χ2v) is 4.86. The highest BCUT2D eigenvalue weighted by atomic mass is 16.5. The predicted octanol–water partition coefficient (Wildman–Crippen LogP) is -0.0635. The van der Waals surface area contributed by atoms with Gasteiger partial charge >= 0.3 is 11.9 Å². The van der Waals surface area contributed by atoms with E-state index in [-0.39, 0.29) is 6.54 Å². The Kier molecular flexibility index (Phi) is 7.04. The molecule has 0 aliphatic rings. The van der Waals surface area contributed by atoms with E-state index in [1.807, 2.05) is 30.3 Å². The zero-order valence-corrected chi connectivity index (χ0v) is 12.3. The van der Waals surface area contributed by atoms with Crippen LogP contribution in [-0.2, 0) is 25.5 Å². The fourth-order valence-corrected chi connectivity index (χ4v) is 1.94. The van der Waals surface area contributed by atoms with Gasteiger partial charge in [-0.3, -0.25) is 14.4 Å². The molecule has 0 saturated carbocycles. The Balaban J connectivity index is 2.60. The Morgan fingerprint density at radius 3 is 2.45 bits per heavy atom. The van der Waals surface area contributed by atoms with E-state index in [2.05, 4.69) is 5.32 Å². The summed E-state index contributed by atoms with van der Waals surface area (Å²) in [7, 11) is 1.28. The number of carboxylic acid groups (broad SMARTS) is 1. The first kappa shape index (κ1) is 17.6. The summed E-state index contributed by atoms with van der Waals surface area (Å²) in [5.74, 6) is -2.77. The summed E-state index contributed by atoms with van der Waals surface area (Å²) in [5.41, 5.74) is 6.39. The van der Waals surface area contributed by atoms with E-state index < -0.39 is 36.2 Å². The van der Waals surface area contributed by atoms with Crippen LogP contribution in [0.25, 0.3) is 0 Å². The number of hydrogen-bond acceptors (Lipinski definition) is 5. The van der Waals surface area contributed by atoms with Gasteiger partial charge in [-0.2, -0.15) is 0 Å². The van der Waals surface area contributed by atoms with Crippen molar-refractivity contribution >= 4 is 17.8 Å². The van der Waals surface area contributed by atoms with Crippen LogP contribution in [0.5, 0.6) is 0 Å². The van der Waals surface area contributed by atoms with Gasteiger partial charge in [-0.25, -0.2) is 0 Å². The van der Waals surface area contributed by atoms with Gasteiger partial charge in [-0.1, -0.05) is 30.3 Å². The van der Waals surface area contributed by atoms with Gasteiger partial charge in [0.2, 0.25) is 5.91 Å². The molecule has 1 amide bonds. The molecule has 0 fully saturated rings. The summed E-state index contributed by atoms with van der Waals surface area (Å²) in [4.78, 5) is 34.0. The van der Waals surface area contributed by atoms with E-state index >= 15 is 0 Å². The van der Waals surface area contributed by atoms with Gasteiger partial charge in [0.1, 0.15) is 0 Å². The van der Waals surface area contributed by atoms with E-state index in [4.69, 9.17) is 15.6 Å². The van der Waals surface area contributed by atoms with Gasteiger partial charge in [0, 0.05) is 6.54 Å². The predicted molar refractivity (Wildman–Crippen MR) is 78.9 cm³/mol. The summed E-state index contributed by atoms with van der Waals surface area (Å²) < 4.78 is 4.73. The van der Waals surface area contributed by atoms with Crippen LogP contribution in [0.3, 0.4) is 0 Å². The SMILES string of the molecule is COC(=O)C(CNC(=O)C(N)CC(=O)O)Cc1ccccc1. The number of carboxylic acids is 1. The number of benzene rings is 1. The number of methoxy groups -OCH3 is 1. The van der Waals surface area contributed by atoms with E-state index in [9.17, 15) is 14.4 Å². The summed E-state index contributed by atoms with van der Waals surface area (Å²) >= 11 is 0. The number of carbonyl (C=O) groups is 3. The van der Waals surface area contributed by atoms with E-state index in [1.165, 1.54) is 7.11 Å². The molecule has 1 aromatic carbocycles. The summed E-state index contributed by atoms with van der Waals surface area (Å²) in [6, 6.07) is 8.16. The highest BCUT2D eigenvalue weighted by Crippen LogP contribution is 2.10. The van der Waals surface area contributed by atoms with Crippen LogP contribution in [-0.4, -0.2) is 42.6 Å². The molecule has 7 nitrogen and oxygen atoms in total. The third-order valence-electron chi connectivity index (χ3n) is 3.11. The number of hydrogen-bond donors (Lipinski definition) is 3. The molecule has 0 bridgehead atoms. The summed E-state index contributed by atoms with van der Waals surface area (Å²) in [6.07, 6.45) is -0.0601. The maximum atomic E-state index is 11.8. The van der Waals surface area contributed by atoms with Crippen molar-refractivity contribution in [2.75, 3.05) is 13.7 Å². The standard InChI is InChI=1S/C15H20N2O5/c1-22-15(21)11(7-10-5-3-2-4-6-10)9-17-14(20)12(16)8-13(18)19/h2-6,11-12H,7-9,16H2,1H3,(H,17,20)(H,18,19). The minimum atomic E-state index is -1.16. The van der Waals surface area contributed by atoms with Gasteiger partial charge in [0.05, 0.1) is 25.5 Å². The van der Waals surface area contributed by atoms with Crippen molar-refractivity contribution in [3.8, 4) is 0 Å². The number of carbonyl (C=O) groups excluding carboxylic acids is 2. The van der Waals surface area contributed by atoms with Crippen LogP contribution >= 0.6 is 0 Å². The molecule has 4 N–H and O–H groups in total. The molecule has 0 radical (unpaired) electrons. The minimum absolute atomic E-state index is 0.0354. The Labute approximate surface area is 128 Å². The van der Waals surface area contributed by atoms with E-state index in [0.717, 1.165) is 5.56 Å². The second-order valence-electron chi connectivity index (χ2n) is 4.86. The van der Waals surface area contributed by atoms with Gasteiger partial charge in [-0.15, -0.1) is 0 Å². The number of rotatable bonds is 8. The summed E-state index contributed by atoms with van der Waals surface area (Å²) in [6.45, 7) is 0.0354. The molecular weight excluding hydrogens is 288 g/mol. The van der Waals surface area contributed by atoms with Crippen molar-refractivity contribution in [1.82, 2.24) is 5.32 Å². The molecule has 0 aliphatic heterocycles. The molecule has 0 spiro atoms. The molecule has 2 atom stereocenters. The number of nitrogens with two attached hydrogens (primary N) is 1. The van der Waals surface area contributed by atoms with E-state index in [0.29, 0.717) is 6.42 Å². The zero-order valence-electron chi connectivity index (χ0n) is 12.3. The molecule has 1 rings (SSSR count). The Morgan fingerprint density at radius 2 is 1.91 bits per heavy atom. The normalized spacial score (nSPS) is 13.0. The molecule has 1 aromatic rings. The Morgan fingerprint density at radius 1 is 1.27 bits per heavy atom. The number of esters is 1. The number of amides is 1. The van der Waals surface area contributed by atoms with Crippen molar-refractivity contribution < 1.29 is 24.2 Å². The molecule has 0 aromatic heterocycles. The lowest BCUT2D eigenvalue weighted by Crippen LogP contribution is -2.44. The lowest BCUT2D eigenvalue weighted by atomic mass is 9.99. The molecule has 0 aliphatic carbocycles. The highest BCUT2D eigenvalue weighted by molar-refractivity contribution is 5.86. The Bertz CT molecular complexity index is 518. The lowest BCUT2D eigenvalue weighted by molar-refractivity contribution is -0.145. The first-order valence-corrected chi connectivity index (χ1v) is 6.81. The maximum absolute atomic E-state index is 11.8. The van der Waals surface area contributed by atoms with Gasteiger partial charge in [-0.05, 0) is 12.0 Å². The van der Waals surface area contributed by atoms with Crippen LogP contribution < -0.4 is 11.1 Å².